The van der Waals surface area contributed by atoms with Crippen LogP contribution >= 0.6 is 0 Å². The third-order valence-electron chi connectivity index (χ3n) is 7.67. The molecule has 1 fully saturated rings. The maximum Gasteiger partial charge on any atom is 0.331 e. The Morgan fingerprint density at radius 2 is 1.56 bits per heavy atom. The molecule has 1 aliphatic rings. The second-order valence-electron chi connectivity index (χ2n) is 10.4. The lowest BCUT2D eigenvalue weighted by Crippen LogP contribution is -2.61. The molecule has 3 rings (SSSR count). The van der Waals surface area contributed by atoms with Crippen LogP contribution in [0.5, 0.6) is 0 Å². The number of ether oxygens (including phenoxy) is 1. The van der Waals surface area contributed by atoms with Gasteiger partial charge in [-0.25, -0.2) is 9.59 Å². The van der Waals surface area contributed by atoms with Gasteiger partial charge in [0.05, 0.1) is 18.9 Å². The number of methoxy groups -OCH3 is 1. The number of amides is 3. The summed E-state index contributed by atoms with van der Waals surface area (Å²) in [7, 11) is 1.31. The maximum atomic E-state index is 13.1. The Labute approximate surface area is 239 Å². The van der Waals surface area contributed by atoms with Crippen molar-refractivity contribution in [3.8, 4) is 0 Å². The number of nitrogens with one attached hydrogen (secondary N) is 2. The first kappa shape index (κ1) is 31.1. The van der Waals surface area contributed by atoms with Crippen LogP contribution in [-0.4, -0.2) is 66.5 Å². The topological polar surface area (TPSA) is 168 Å². The molecule has 0 bridgehead atoms. The predicted molar refractivity (Wildman–Crippen MR) is 152 cm³/mol. The highest BCUT2D eigenvalue weighted by Crippen LogP contribution is 2.30. The first-order chi connectivity index (χ1) is 19.5. The molecular weight excluding hydrogens is 528 g/mol. The van der Waals surface area contributed by atoms with Crippen molar-refractivity contribution in [3.05, 3.63) is 65.7 Å². The van der Waals surface area contributed by atoms with Gasteiger partial charge in [0.15, 0.2) is 0 Å². The zero-order valence-electron chi connectivity index (χ0n) is 23.6. The average molecular weight is 567 g/mol. The van der Waals surface area contributed by atoms with E-state index in [4.69, 9.17) is 10.5 Å². The van der Waals surface area contributed by atoms with Crippen LogP contribution < -0.4 is 21.3 Å². The Balaban J connectivity index is 1.69. The van der Waals surface area contributed by atoms with Crippen LogP contribution in [0.4, 0.5) is 5.69 Å². The Morgan fingerprint density at radius 3 is 2.15 bits per heavy atom. The number of esters is 1. The van der Waals surface area contributed by atoms with Gasteiger partial charge < -0.3 is 31.1 Å². The van der Waals surface area contributed by atoms with Crippen LogP contribution in [0.2, 0.25) is 0 Å². The van der Waals surface area contributed by atoms with E-state index in [1.165, 1.54) is 7.11 Å². The lowest BCUT2D eigenvalue weighted by molar-refractivity contribution is -0.152. The molecule has 11 nitrogen and oxygen atoms in total. The van der Waals surface area contributed by atoms with Crippen molar-refractivity contribution in [2.45, 2.75) is 62.9 Å². The molecular formula is C30H38N4O7. The van der Waals surface area contributed by atoms with Crippen molar-refractivity contribution in [3.63, 3.8) is 0 Å². The number of carbonyl (C=O) groups excluding carboxylic acids is 4. The number of primary amides is 1. The molecule has 1 heterocycles. The molecule has 0 saturated carbocycles. The molecule has 3 atom stereocenters. The Hall–Kier alpha value is -4.41. The molecule has 220 valence electrons. The predicted octanol–water partition coefficient (Wildman–Crippen LogP) is 2.06. The van der Waals surface area contributed by atoms with Crippen LogP contribution in [0.1, 0.15) is 62.5 Å². The molecule has 11 heteroatoms. The summed E-state index contributed by atoms with van der Waals surface area (Å²) in [5.41, 5.74) is 6.31. The van der Waals surface area contributed by atoms with Crippen LogP contribution in [-0.2, 0) is 28.7 Å². The van der Waals surface area contributed by atoms with E-state index < -0.39 is 47.2 Å². The third-order valence-corrected chi connectivity index (χ3v) is 7.67. The number of carbonyl (C=O) groups is 5. The Kier molecular flexibility index (Phi) is 10.5. The number of piperidine rings is 1. The highest BCUT2D eigenvalue weighted by Gasteiger charge is 2.44. The van der Waals surface area contributed by atoms with Crippen molar-refractivity contribution in [2.24, 2.45) is 5.73 Å². The number of carboxylic acids is 1. The number of nitrogens with zero attached hydrogens (tertiary/aromatic N) is 1. The first-order valence-electron chi connectivity index (χ1n) is 13.6. The second-order valence-corrected chi connectivity index (χ2v) is 10.4. The fraction of sp³-hybridized carbons (Fsp3) is 0.433. The van der Waals surface area contributed by atoms with Crippen molar-refractivity contribution >= 4 is 35.3 Å². The lowest BCUT2D eigenvalue weighted by Gasteiger charge is -2.41. The molecule has 41 heavy (non-hydrogen) atoms. The molecule has 0 spiro atoms. The van der Waals surface area contributed by atoms with Crippen LogP contribution in [0, 0.1) is 0 Å². The van der Waals surface area contributed by atoms with Gasteiger partial charge in [0.1, 0.15) is 11.6 Å². The number of anilines is 1. The number of hydrogen-bond acceptors (Lipinski definition) is 7. The van der Waals surface area contributed by atoms with Crippen LogP contribution in [0.3, 0.4) is 0 Å². The molecule has 2 aromatic carbocycles. The van der Waals surface area contributed by atoms with Gasteiger partial charge in [0, 0.05) is 25.2 Å². The molecule has 2 unspecified atom stereocenters. The average Bonchev–Trinajstić information content (AvgIpc) is 2.98. The molecule has 3 amide bonds. The lowest BCUT2D eigenvalue weighted by atomic mass is 9.85. The minimum absolute atomic E-state index is 0.0977. The quantitative estimate of drug-likeness (QED) is 0.283. The summed E-state index contributed by atoms with van der Waals surface area (Å²) in [5, 5.41) is 14.9. The summed E-state index contributed by atoms with van der Waals surface area (Å²) in [6.07, 6.45) is 0.398. The molecule has 0 aliphatic carbocycles. The van der Waals surface area contributed by atoms with Crippen molar-refractivity contribution in [2.75, 3.05) is 25.1 Å². The van der Waals surface area contributed by atoms with Crippen molar-refractivity contribution in [1.82, 2.24) is 10.6 Å². The molecule has 0 radical (unpaired) electrons. The molecule has 1 aliphatic heterocycles. The number of aliphatic carboxylic acids is 1. The highest BCUT2D eigenvalue weighted by atomic mass is 16.5. The summed E-state index contributed by atoms with van der Waals surface area (Å²) in [5.74, 6) is -4.23. The summed E-state index contributed by atoms with van der Waals surface area (Å²) in [4.78, 5) is 63.5. The van der Waals surface area contributed by atoms with E-state index in [-0.39, 0.29) is 18.7 Å². The van der Waals surface area contributed by atoms with Crippen molar-refractivity contribution in [1.29, 1.82) is 0 Å². The highest BCUT2D eigenvalue weighted by molar-refractivity contribution is 5.91. The van der Waals surface area contributed by atoms with Gasteiger partial charge in [-0.3, -0.25) is 14.4 Å². The van der Waals surface area contributed by atoms with Gasteiger partial charge in [-0.15, -0.1) is 0 Å². The van der Waals surface area contributed by atoms with Gasteiger partial charge in [0.25, 0.3) is 0 Å². The molecule has 1 saturated heterocycles. The Morgan fingerprint density at radius 1 is 0.951 bits per heavy atom. The van der Waals surface area contributed by atoms with E-state index in [1.54, 1.807) is 19.9 Å². The van der Waals surface area contributed by atoms with Gasteiger partial charge >= 0.3 is 11.9 Å². The number of rotatable bonds is 12. The second kappa shape index (κ2) is 13.8. The smallest absolute Gasteiger partial charge is 0.331 e. The normalized spacial score (nSPS) is 16.5. The third kappa shape index (κ3) is 7.84. The van der Waals surface area contributed by atoms with E-state index >= 15 is 0 Å². The van der Waals surface area contributed by atoms with E-state index in [0.29, 0.717) is 31.5 Å². The zero-order chi connectivity index (χ0) is 30.2. The van der Waals surface area contributed by atoms with Crippen LogP contribution in [0.25, 0.3) is 0 Å². The van der Waals surface area contributed by atoms with E-state index in [9.17, 15) is 29.1 Å². The monoisotopic (exact) mass is 566 g/mol. The van der Waals surface area contributed by atoms with E-state index in [0.717, 1.165) is 11.3 Å². The fourth-order valence-electron chi connectivity index (χ4n) is 4.94. The Bertz CT molecular complexity index is 1260. The van der Waals surface area contributed by atoms with E-state index in [1.807, 2.05) is 48.5 Å². The summed E-state index contributed by atoms with van der Waals surface area (Å²) >= 11 is 0. The maximum absolute atomic E-state index is 13.1. The minimum atomic E-state index is -1.24. The minimum Gasteiger partial charge on any atom is -0.480 e. The summed E-state index contributed by atoms with van der Waals surface area (Å²) in [6.45, 7) is 4.37. The molecule has 5 N–H and O–H groups in total. The zero-order valence-corrected chi connectivity index (χ0v) is 23.6. The number of benzene rings is 2. The van der Waals surface area contributed by atoms with Gasteiger partial charge in [-0.1, -0.05) is 42.5 Å². The summed E-state index contributed by atoms with van der Waals surface area (Å²) in [6, 6.07) is 15.4. The molecule has 2 aromatic rings. The van der Waals surface area contributed by atoms with Gasteiger partial charge in [0.2, 0.25) is 17.7 Å². The largest absolute Gasteiger partial charge is 0.480 e. The number of carboxylic acid groups (broad SMARTS) is 1. The SMILES string of the molecule is COC(=O)C1(NC(=O)C(C)c2ccccc2)CCN(c2cccc(C(C)C(=O)N[C@@H](CCC(N)=O)C(=O)O)c2)CC1. The molecule has 0 aromatic heterocycles. The standard InChI is InChI=1S/C30H38N4O7/c1-19(21-8-5-4-6-9-21)27(37)33-30(29(40)41-3)14-16-34(17-15-30)23-11-7-10-22(18-23)20(2)26(36)32-24(28(38)39)12-13-25(31)35/h4-11,18-20,24H,12-17H2,1-3H3,(H2,31,35)(H,32,36)(H,33,37)(H,38,39)/t19?,20?,24-/m0/s1. The summed E-state index contributed by atoms with van der Waals surface area (Å²) < 4.78 is 5.09. The number of nitrogens with two attached hydrogens (primary N) is 1. The van der Waals surface area contributed by atoms with E-state index in [2.05, 4.69) is 15.5 Å². The first-order valence-corrected chi connectivity index (χ1v) is 13.6. The number of hydrogen-bond donors (Lipinski definition) is 4. The van der Waals surface area contributed by atoms with Gasteiger partial charge in [-0.05, 0) is 56.4 Å². The van der Waals surface area contributed by atoms with Crippen LogP contribution in [0.15, 0.2) is 54.6 Å². The van der Waals surface area contributed by atoms with Gasteiger partial charge in [-0.2, -0.15) is 0 Å². The van der Waals surface area contributed by atoms with Crippen molar-refractivity contribution < 1.29 is 33.8 Å². The fourth-order valence-corrected chi connectivity index (χ4v) is 4.94.